The summed E-state index contributed by atoms with van der Waals surface area (Å²) in [6.07, 6.45) is 0. The van der Waals surface area contributed by atoms with Crippen molar-refractivity contribution >= 4 is 17.6 Å². The van der Waals surface area contributed by atoms with Gasteiger partial charge in [-0.2, -0.15) is 5.10 Å². The number of rotatable bonds is 4. The van der Waals surface area contributed by atoms with Crippen LogP contribution in [-0.4, -0.2) is 21.6 Å². The van der Waals surface area contributed by atoms with Crippen LogP contribution in [0.3, 0.4) is 0 Å². The summed E-state index contributed by atoms with van der Waals surface area (Å²) in [5, 5.41) is 4.57. The van der Waals surface area contributed by atoms with Crippen molar-refractivity contribution in [2.45, 2.75) is 13.5 Å². The van der Waals surface area contributed by atoms with Crippen LogP contribution in [0.2, 0.25) is 0 Å². The monoisotopic (exact) mass is 393 g/mol. The van der Waals surface area contributed by atoms with Gasteiger partial charge in [-0.3, -0.25) is 14.3 Å². The fourth-order valence-electron chi connectivity index (χ4n) is 3.81. The maximum absolute atomic E-state index is 12.7. The van der Waals surface area contributed by atoms with E-state index in [2.05, 4.69) is 35.4 Å². The van der Waals surface area contributed by atoms with Crippen LogP contribution in [0.15, 0.2) is 84.9 Å². The van der Waals surface area contributed by atoms with Crippen LogP contribution in [0.25, 0.3) is 11.1 Å². The zero-order valence-electron chi connectivity index (χ0n) is 16.4. The van der Waals surface area contributed by atoms with E-state index >= 15 is 0 Å². The Morgan fingerprint density at radius 1 is 0.733 bits per heavy atom. The number of hydrogen-bond acceptors (Lipinski definition) is 3. The Labute approximate surface area is 174 Å². The van der Waals surface area contributed by atoms with E-state index in [4.69, 9.17) is 0 Å². The molecule has 1 aliphatic rings. The lowest BCUT2D eigenvalue weighted by Gasteiger charge is -2.10. The molecule has 0 spiro atoms. The van der Waals surface area contributed by atoms with Crippen molar-refractivity contribution < 1.29 is 9.59 Å². The van der Waals surface area contributed by atoms with Gasteiger partial charge >= 0.3 is 0 Å². The molecule has 3 aromatic carbocycles. The lowest BCUT2D eigenvalue weighted by atomic mass is 10.0. The Morgan fingerprint density at radius 2 is 1.37 bits per heavy atom. The van der Waals surface area contributed by atoms with Crippen molar-refractivity contribution in [3.05, 3.63) is 107 Å². The highest BCUT2D eigenvalue weighted by Gasteiger charge is 2.37. The Morgan fingerprint density at radius 3 is 2.07 bits per heavy atom. The highest BCUT2D eigenvalue weighted by atomic mass is 16.2. The lowest BCUT2D eigenvalue weighted by molar-refractivity contribution is 0.0925. The quantitative estimate of drug-likeness (QED) is 0.472. The van der Waals surface area contributed by atoms with Crippen molar-refractivity contribution in [2.24, 2.45) is 0 Å². The van der Waals surface area contributed by atoms with Gasteiger partial charge in [0.1, 0.15) is 0 Å². The number of aromatic nitrogens is 2. The molecule has 0 radical (unpaired) electrons. The molecule has 1 aliphatic heterocycles. The number of fused-ring (bicyclic) bond motifs is 1. The second-order valence-corrected chi connectivity index (χ2v) is 7.36. The summed E-state index contributed by atoms with van der Waals surface area (Å²) < 4.78 is 1.82. The number of carbonyl (C=O) groups excluding carboxylic acids is 2. The molecule has 0 saturated carbocycles. The second kappa shape index (κ2) is 7.12. The second-order valence-electron chi connectivity index (χ2n) is 7.36. The molecule has 2 heterocycles. The average Bonchev–Trinajstić information content (AvgIpc) is 3.25. The summed E-state index contributed by atoms with van der Waals surface area (Å²) >= 11 is 0. The summed E-state index contributed by atoms with van der Waals surface area (Å²) in [6.45, 7) is 2.48. The molecule has 0 fully saturated rings. The van der Waals surface area contributed by atoms with Gasteiger partial charge < -0.3 is 0 Å². The van der Waals surface area contributed by atoms with Gasteiger partial charge in [0.15, 0.2) is 5.82 Å². The standard InChI is InChI=1S/C25H19N3O2/c1-17-14-23(28-24(29)21-12-5-6-13-22(21)25(28)30)26-27(17)16-18-8-7-11-20(15-18)19-9-3-2-4-10-19/h2-15H,16H2,1H3. The first-order valence-corrected chi connectivity index (χ1v) is 9.78. The molecule has 0 saturated heterocycles. The van der Waals surface area contributed by atoms with E-state index in [1.54, 1.807) is 30.3 Å². The van der Waals surface area contributed by atoms with Crippen molar-refractivity contribution in [1.29, 1.82) is 0 Å². The van der Waals surface area contributed by atoms with Crippen molar-refractivity contribution in [2.75, 3.05) is 4.90 Å². The normalized spacial score (nSPS) is 13.0. The van der Waals surface area contributed by atoms with Gasteiger partial charge in [0.05, 0.1) is 17.7 Å². The van der Waals surface area contributed by atoms with Crippen molar-refractivity contribution in [3.63, 3.8) is 0 Å². The zero-order valence-corrected chi connectivity index (χ0v) is 16.4. The van der Waals surface area contributed by atoms with E-state index < -0.39 is 0 Å². The van der Waals surface area contributed by atoms with Crippen LogP contribution < -0.4 is 4.90 Å². The number of imide groups is 1. The maximum Gasteiger partial charge on any atom is 0.267 e. The van der Waals surface area contributed by atoms with Gasteiger partial charge in [-0.15, -0.1) is 0 Å². The minimum atomic E-state index is -0.327. The molecular formula is C25H19N3O2. The molecule has 0 bridgehead atoms. The van der Waals surface area contributed by atoms with Gasteiger partial charge in [0, 0.05) is 11.8 Å². The summed E-state index contributed by atoms with van der Waals surface area (Å²) in [4.78, 5) is 26.6. The largest absolute Gasteiger partial charge is 0.268 e. The molecule has 0 atom stereocenters. The zero-order chi connectivity index (χ0) is 20.7. The minimum absolute atomic E-state index is 0.327. The SMILES string of the molecule is Cc1cc(N2C(=O)c3ccccc3C2=O)nn1Cc1cccc(-c2ccccc2)c1. The van der Waals surface area contributed by atoms with Gasteiger partial charge in [0.2, 0.25) is 0 Å². The van der Waals surface area contributed by atoms with Gasteiger partial charge in [0.25, 0.3) is 11.8 Å². The molecule has 5 nitrogen and oxygen atoms in total. The van der Waals surface area contributed by atoms with Crippen LogP contribution in [0.4, 0.5) is 5.82 Å². The Balaban J connectivity index is 1.44. The third-order valence-corrected chi connectivity index (χ3v) is 5.36. The van der Waals surface area contributed by atoms with Crippen LogP contribution >= 0.6 is 0 Å². The molecule has 1 aromatic heterocycles. The number of hydrogen-bond donors (Lipinski definition) is 0. The van der Waals surface area contributed by atoms with Crippen LogP contribution in [-0.2, 0) is 6.54 Å². The molecule has 146 valence electrons. The van der Waals surface area contributed by atoms with Crippen LogP contribution in [0.1, 0.15) is 32.0 Å². The van der Waals surface area contributed by atoms with E-state index in [1.165, 1.54) is 0 Å². The summed E-state index contributed by atoms with van der Waals surface area (Å²) in [7, 11) is 0. The van der Waals surface area contributed by atoms with Crippen molar-refractivity contribution in [3.8, 4) is 11.1 Å². The highest BCUT2D eigenvalue weighted by molar-refractivity contribution is 6.34. The Hall–Kier alpha value is -3.99. The number of aryl methyl sites for hydroxylation is 1. The number of amides is 2. The molecule has 0 aliphatic carbocycles. The van der Waals surface area contributed by atoms with Crippen molar-refractivity contribution in [1.82, 2.24) is 9.78 Å². The molecule has 0 N–H and O–H groups in total. The molecule has 2 amide bonds. The molecule has 4 aromatic rings. The van der Waals surface area contributed by atoms with E-state index in [-0.39, 0.29) is 11.8 Å². The molecule has 5 heteroatoms. The van der Waals surface area contributed by atoms with Gasteiger partial charge in [-0.05, 0) is 41.8 Å². The molecule has 5 rings (SSSR count). The third-order valence-electron chi connectivity index (χ3n) is 5.36. The predicted octanol–water partition coefficient (Wildman–Crippen LogP) is 4.71. The lowest BCUT2D eigenvalue weighted by Crippen LogP contribution is -2.29. The van der Waals surface area contributed by atoms with E-state index in [0.717, 1.165) is 27.3 Å². The molecular weight excluding hydrogens is 374 g/mol. The maximum atomic E-state index is 12.7. The smallest absolute Gasteiger partial charge is 0.267 e. The average molecular weight is 393 g/mol. The fraction of sp³-hybridized carbons (Fsp3) is 0.0800. The highest BCUT2D eigenvalue weighted by Crippen LogP contribution is 2.28. The first-order chi connectivity index (χ1) is 14.6. The summed E-state index contributed by atoms with van der Waals surface area (Å²) in [5.74, 6) is -0.296. The predicted molar refractivity (Wildman–Crippen MR) is 116 cm³/mol. The Kier molecular flexibility index (Phi) is 4.29. The topological polar surface area (TPSA) is 55.2 Å². The summed E-state index contributed by atoms with van der Waals surface area (Å²) in [6, 6.07) is 27.2. The van der Waals surface area contributed by atoms with Gasteiger partial charge in [-0.25, -0.2) is 4.90 Å². The van der Waals surface area contributed by atoms with Gasteiger partial charge in [-0.1, -0.05) is 60.7 Å². The number of benzene rings is 3. The van der Waals surface area contributed by atoms with E-state index in [9.17, 15) is 9.59 Å². The molecule has 30 heavy (non-hydrogen) atoms. The third kappa shape index (κ3) is 3.01. The number of anilines is 1. The number of carbonyl (C=O) groups is 2. The Bertz CT molecular complexity index is 1240. The fourth-order valence-corrected chi connectivity index (χ4v) is 3.81. The van der Waals surface area contributed by atoms with E-state index in [1.807, 2.05) is 35.9 Å². The number of nitrogens with zero attached hydrogens (tertiary/aromatic N) is 3. The van der Waals surface area contributed by atoms with Crippen LogP contribution in [0, 0.1) is 6.92 Å². The first kappa shape index (κ1) is 18.1. The van der Waals surface area contributed by atoms with E-state index in [0.29, 0.717) is 23.5 Å². The first-order valence-electron chi connectivity index (χ1n) is 9.78. The van der Waals surface area contributed by atoms with Crippen LogP contribution in [0.5, 0.6) is 0 Å². The minimum Gasteiger partial charge on any atom is -0.268 e. The molecule has 0 unspecified atom stereocenters. The summed E-state index contributed by atoms with van der Waals surface area (Å²) in [5.41, 5.74) is 5.11.